The number of aromatic nitrogens is 2. The minimum atomic E-state index is -0.227. The number of nitrogens with zero attached hydrogens (tertiary/aromatic N) is 3. The lowest BCUT2D eigenvalue weighted by atomic mass is 9.82. The average molecular weight is 295 g/mol. The fourth-order valence-corrected chi connectivity index (χ4v) is 3.60. The number of rotatable bonds is 3. The Kier molecular flexibility index (Phi) is 3.22. The lowest BCUT2D eigenvalue weighted by Crippen LogP contribution is -2.12. The van der Waals surface area contributed by atoms with E-state index in [-0.39, 0.29) is 5.82 Å². The van der Waals surface area contributed by atoms with E-state index >= 15 is 0 Å². The molecule has 22 heavy (non-hydrogen) atoms. The molecule has 1 aromatic carbocycles. The predicted octanol–water partition coefficient (Wildman–Crippen LogP) is 4.22. The summed E-state index contributed by atoms with van der Waals surface area (Å²) in [4.78, 5) is 0. The van der Waals surface area contributed by atoms with Crippen LogP contribution in [0.15, 0.2) is 24.3 Å². The van der Waals surface area contributed by atoms with Gasteiger partial charge in [0.05, 0.1) is 17.5 Å². The topological polar surface area (TPSA) is 41.6 Å². The van der Waals surface area contributed by atoms with E-state index in [0.29, 0.717) is 18.3 Å². The fraction of sp³-hybridized carbons (Fsp3) is 0.444. The molecule has 0 amide bonds. The summed E-state index contributed by atoms with van der Waals surface area (Å²) in [7, 11) is 0. The average Bonchev–Trinajstić information content (AvgIpc) is 3.30. The van der Waals surface area contributed by atoms with E-state index in [9.17, 15) is 4.39 Å². The van der Waals surface area contributed by atoms with Crippen LogP contribution < -0.4 is 0 Å². The first-order valence-electron chi connectivity index (χ1n) is 8.02. The van der Waals surface area contributed by atoms with Crippen LogP contribution in [0.4, 0.5) is 4.39 Å². The van der Waals surface area contributed by atoms with Crippen molar-refractivity contribution in [3.63, 3.8) is 0 Å². The van der Waals surface area contributed by atoms with Crippen molar-refractivity contribution in [3.8, 4) is 11.8 Å². The second kappa shape index (κ2) is 5.24. The molecule has 3 nitrogen and oxygen atoms in total. The zero-order valence-corrected chi connectivity index (χ0v) is 12.4. The minimum absolute atomic E-state index is 0.227. The third-order valence-corrected chi connectivity index (χ3v) is 4.80. The van der Waals surface area contributed by atoms with Crippen molar-refractivity contribution in [1.29, 1.82) is 5.26 Å². The summed E-state index contributed by atoms with van der Waals surface area (Å²) in [6.45, 7) is 0. The highest BCUT2D eigenvalue weighted by atomic mass is 19.1. The second-order valence-electron chi connectivity index (χ2n) is 6.36. The summed E-state index contributed by atoms with van der Waals surface area (Å²) < 4.78 is 15.2. The normalized spacial score (nSPS) is 20.5. The van der Waals surface area contributed by atoms with Crippen LogP contribution in [0, 0.1) is 17.1 Å². The second-order valence-corrected chi connectivity index (χ2v) is 6.36. The quantitative estimate of drug-likeness (QED) is 0.850. The lowest BCUT2D eigenvalue weighted by molar-refractivity contribution is 0.548. The first-order valence-corrected chi connectivity index (χ1v) is 8.02. The Bertz CT molecular complexity index is 735. The van der Waals surface area contributed by atoms with Gasteiger partial charge in [0.1, 0.15) is 5.82 Å². The lowest BCUT2D eigenvalue weighted by Gasteiger charge is -2.22. The molecule has 112 valence electrons. The van der Waals surface area contributed by atoms with Crippen LogP contribution in [0.3, 0.4) is 0 Å². The van der Waals surface area contributed by atoms with Crippen LogP contribution in [0.2, 0.25) is 0 Å². The van der Waals surface area contributed by atoms with E-state index in [1.165, 1.54) is 41.9 Å². The molecule has 0 N–H and O–H groups in total. The number of hydrogen-bond acceptors (Lipinski definition) is 2. The van der Waals surface area contributed by atoms with Gasteiger partial charge in [0.25, 0.3) is 0 Å². The van der Waals surface area contributed by atoms with Crippen LogP contribution in [-0.2, 0) is 6.42 Å². The smallest absolute Gasteiger partial charge is 0.123 e. The Morgan fingerprint density at radius 3 is 2.68 bits per heavy atom. The van der Waals surface area contributed by atoms with Gasteiger partial charge in [0.2, 0.25) is 0 Å². The molecule has 0 aliphatic heterocycles. The Morgan fingerprint density at radius 2 is 2.00 bits per heavy atom. The van der Waals surface area contributed by atoms with Crippen molar-refractivity contribution < 1.29 is 4.39 Å². The van der Waals surface area contributed by atoms with E-state index in [4.69, 9.17) is 10.4 Å². The van der Waals surface area contributed by atoms with Gasteiger partial charge < -0.3 is 0 Å². The van der Waals surface area contributed by atoms with Crippen LogP contribution in [0.5, 0.6) is 0 Å². The van der Waals surface area contributed by atoms with E-state index < -0.39 is 0 Å². The van der Waals surface area contributed by atoms with Gasteiger partial charge in [-0.25, -0.2) is 9.07 Å². The van der Waals surface area contributed by atoms with Gasteiger partial charge in [-0.3, -0.25) is 0 Å². The monoisotopic (exact) mass is 295 g/mol. The van der Waals surface area contributed by atoms with Crippen LogP contribution in [0.1, 0.15) is 60.9 Å². The van der Waals surface area contributed by atoms with Gasteiger partial charge in [0, 0.05) is 29.5 Å². The highest BCUT2D eigenvalue weighted by Crippen LogP contribution is 2.47. The summed E-state index contributed by atoms with van der Waals surface area (Å²) in [5.41, 5.74) is 4.67. The van der Waals surface area contributed by atoms with Gasteiger partial charge >= 0.3 is 0 Å². The summed E-state index contributed by atoms with van der Waals surface area (Å²) in [6.07, 6.45) is 6.14. The third kappa shape index (κ3) is 2.21. The molecule has 0 saturated heterocycles. The molecule has 0 radical (unpaired) electrons. The number of halogens is 1. The molecular formula is C18H18FN3. The van der Waals surface area contributed by atoms with Crippen LogP contribution >= 0.6 is 0 Å². The van der Waals surface area contributed by atoms with Gasteiger partial charge in [-0.15, -0.1) is 0 Å². The van der Waals surface area contributed by atoms with Crippen molar-refractivity contribution >= 4 is 0 Å². The molecule has 1 aromatic heterocycles. The molecule has 2 aliphatic carbocycles. The zero-order chi connectivity index (χ0) is 15.1. The fourth-order valence-electron chi connectivity index (χ4n) is 3.60. The largest absolute Gasteiger partial charge is 0.237 e. The molecule has 0 spiro atoms. The molecule has 1 fully saturated rings. The van der Waals surface area contributed by atoms with E-state index in [2.05, 4.69) is 6.07 Å². The number of nitriles is 1. The summed E-state index contributed by atoms with van der Waals surface area (Å²) in [6, 6.07) is 8.87. The standard InChI is InChI=1S/C18H18FN3/c19-14-6-8-15(9-7-14)22-16-3-1-2-12(10-11-20)17(16)18(21-22)13-4-5-13/h6-9,12-13H,1-5,10H2. The van der Waals surface area contributed by atoms with Crippen molar-refractivity contribution in [2.45, 2.75) is 50.4 Å². The third-order valence-electron chi connectivity index (χ3n) is 4.80. The molecule has 1 heterocycles. The van der Waals surface area contributed by atoms with E-state index in [1.807, 2.05) is 4.68 Å². The van der Waals surface area contributed by atoms with Crippen LogP contribution in [0.25, 0.3) is 5.69 Å². The number of benzene rings is 1. The van der Waals surface area contributed by atoms with Crippen molar-refractivity contribution in [2.75, 3.05) is 0 Å². The van der Waals surface area contributed by atoms with Crippen molar-refractivity contribution in [2.24, 2.45) is 0 Å². The van der Waals surface area contributed by atoms with Gasteiger partial charge in [-0.1, -0.05) is 0 Å². The maximum atomic E-state index is 13.2. The van der Waals surface area contributed by atoms with Gasteiger partial charge in [0.15, 0.2) is 0 Å². The molecule has 2 aliphatic rings. The Balaban J connectivity index is 1.85. The molecule has 1 unspecified atom stereocenters. The molecule has 1 saturated carbocycles. The predicted molar refractivity (Wildman–Crippen MR) is 81.4 cm³/mol. The maximum Gasteiger partial charge on any atom is 0.123 e. The van der Waals surface area contributed by atoms with E-state index in [1.54, 1.807) is 12.1 Å². The SMILES string of the molecule is N#CCC1CCCc2c1c(C1CC1)nn2-c1ccc(F)cc1. The first kappa shape index (κ1) is 13.5. The Hall–Kier alpha value is -2.15. The van der Waals surface area contributed by atoms with Gasteiger partial charge in [-0.05, 0) is 56.4 Å². The Labute approximate surface area is 129 Å². The minimum Gasteiger partial charge on any atom is -0.237 e. The molecule has 4 heteroatoms. The summed E-state index contributed by atoms with van der Waals surface area (Å²) >= 11 is 0. The molecule has 0 bridgehead atoms. The highest BCUT2D eigenvalue weighted by molar-refractivity contribution is 5.43. The molecule has 1 atom stereocenters. The summed E-state index contributed by atoms with van der Waals surface area (Å²) in [5, 5.41) is 14.0. The summed E-state index contributed by atoms with van der Waals surface area (Å²) in [5.74, 6) is 0.655. The van der Waals surface area contributed by atoms with Crippen molar-refractivity contribution in [3.05, 3.63) is 47.0 Å². The highest BCUT2D eigenvalue weighted by Gasteiger charge is 2.36. The number of fused-ring (bicyclic) bond motifs is 1. The van der Waals surface area contributed by atoms with Crippen molar-refractivity contribution in [1.82, 2.24) is 9.78 Å². The maximum absolute atomic E-state index is 13.2. The zero-order valence-electron chi connectivity index (χ0n) is 12.4. The van der Waals surface area contributed by atoms with Gasteiger partial charge in [-0.2, -0.15) is 10.4 Å². The first-order chi connectivity index (χ1) is 10.8. The molecule has 2 aromatic rings. The number of hydrogen-bond donors (Lipinski definition) is 0. The van der Waals surface area contributed by atoms with E-state index in [0.717, 1.165) is 24.9 Å². The molecule has 4 rings (SSSR count). The Morgan fingerprint density at radius 1 is 1.23 bits per heavy atom. The van der Waals surface area contributed by atoms with Crippen LogP contribution in [-0.4, -0.2) is 9.78 Å². The molecular weight excluding hydrogens is 277 g/mol.